The Balaban J connectivity index is 2.47. The van der Waals surface area contributed by atoms with E-state index in [4.69, 9.17) is 4.42 Å². The van der Waals surface area contributed by atoms with Crippen LogP contribution in [0.3, 0.4) is 0 Å². The highest BCUT2D eigenvalue weighted by molar-refractivity contribution is 8.00. The smallest absolute Gasteiger partial charge is 0.441 e. The number of alkyl halides is 3. The molecule has 0 radical (unpaired) electrons. The first-order chi connectivity index (χ1) is 9.74. The van der Waals surface area contributed by atoms with Crippen LogP contribution in [-0.4, -0.2) is 32.8 Å². The van der Waals surface area contributed by atoms with Gasteiger partial charge in [-0.15, -0.1) is 0 Å². The Morgan fingerprint density at radius 3 is 2.62 bits per heavy atom. The van der Waals surface area contributed by atoms with Gasteiger partial charge in [-0.25, -0.2) is 13.1 Å². The van der Waals surface area contributed by atoms with Gasteiger partial charge in [0, 0.05) is 12.3 Å². The third-order valence-corrected chi connectivity index (χ3v) is 4.36. The van der Waals surface area contributed by atoms with Gasteiger partial charge >= 0.3 is 5.51 Å². The van der Waals surface area contributed by atoms with Crippen LogP contribution in [0.1, 0.15) is 19.1 Å². The lowest BCUT2D eigenvalue weighted by molar-refractivity contribution is -0.0327. The molecule has 2 N–H and O–H groups in total. The number of sulfonamides is 1. The number of rotatable bonds is 9. The molecule has 1 rings (SSSR count). The zero-order chi connectivity index (χ0) is 15.9. The molecule has 0 bridgehead atoms. The van der Waals surface area contributed by atoms with Crippen molar-refractivity contribution in [2.75, 3.05) is 18.8 Å². The summed E-state index contributed by atoms with van der Waals surface area (Å²) < 4.78 is 66.5. The first kappa shape index (κ1) is 18.3. The predicted octanol–water partition coefficient (Wildman–Crippen LogP) is 2.31. The molecule has 0 aliphatic carbocycles. The largest absolute Gasteiger partial charge is 0.447 e. The van der Waals surface area contributed by atoms with Gasteiger partial charge in [-0.3, -0.25) is 0 Å². The molecule has 1 aromatic rings. The zero-order valence-corrected chi connectivity index (χ0v) is 13.0. The SMILES string of the molecule is CCCNCc1ccc(S(=O)(=O)NCCSC(F)(F)F)o1. The first-order valence-corrected chi connectivity index (χ1v) is 8.71. The minimum Gasteiger partial charge on any atom is -0.447 e. The third-order valence-electron chi connectivity index (χ3n) is 2.29. The van der Waals surface area contributed by atoms with Crippen LogP contribution >= 0.6 is 11.8 Å². The summed E-state index contributed by atoms with van der Waals surface area (Å²) in [4.78, 5) is 0. The van der Waals surface area contributed by atoms with E-state index in [-0.39, 0.29) is 23.4 Å². The molecule has 0 aliphatic heterocycles. The monoisotopic (exact) mass is 346 g/mol. The minimum absolute atomic E-state index is 0.279. The van der Waals surface area contributed by atoms with Crippen LogP contribution in [0.5, 0.6) is 0 Å². The van der Waals surface area contributed by atoms with Crippen LogP contribution in [0, 0.1) is 0 Å². The molecule has 1 heterocycles. The molecule has 1 aromatic heterocycles. The van der Waals surface area contributed by atoms with Gasteiger partial charge in [0.25, 0.3) is 10.0 Å². The van der Waals surface area contributed by atoms with Crippen molar-refractivity contribution in [3.8, 4) is 0 Å². The Morgan fingerprint density at radius 2 is 2.00 bits per heavy atom. The zero-order valence-electron chi connectivity index (χ0n) is 11.4. The van der Waals surface area contributed by atoms with Crippen molar-refractivity contribution in [2.24, 2.45) is 0 Å². The van der Waals surface area contributed by atoms with Crippen LogP contribution in [0.4, 0.5) is 13.2 Å². The van der Waals surface area contributed by atoms with Crippen molar-refractivity contribution < 1.29 is 26.0 Å². The van der Waals surface area contributed by atoms with Gasteiger partial charge in [0.05, 0.1) is 6.54 Å². The number of hydrogen-bond donors (Lipinski definition) is 2. The maximum Gasteiger partial charge on any atom is 0.441 e. The molecule has 0 aromatic carbocycles. The number of halogens is 3. The molecule has 21 heavy (non-hydrogen) atoms. The van der Waals surface area contributed by atoms with Gasteiger partial charge in [0.2, 0.25) is 5.09 Å². The van der Waals surface area contributed by atoms with Crippen molar-refractivity contribution in [3.63, 3.8) is 0 Å². The number of nitrogens with one attached hydrogen (secondary N) is 2. The third kappa shape index (κ3) is 7.21. The topological polar surface area (TPSA) is 71.3 Å². The molecule has 122 valence electrons. The number of furan rings is 1. The lowest BCUT2D eigenvalue weighted by Crippen LogP contribution is -2.26. The summed E-state index contributed by atoms with van der Waals surface area (Å²) in [5, 5.41) is 2.75. The fourth-order valence-electron chi connectivity index (χ4n) is 1.40. The van der Waals surface area contributed by atoms with E-state index < -0.39 is 21.3 Å². The molecule has 0 fully saturated rings. The Labute approximate surface area is 125 Å². The Morgan fingerprint density at radius 1 is 1.29 bits per heavy atom. The summed E-state index contributed by atoms with van der Waals surface area (Å²) in [6.07, 6.45) is 0.935. The molecule has 0 atom stereocenters. The molecule has 10 heteroatoms. The standard InChI is InChI=1S/C11H17F3N2O3S2/c1-2-5-15-8-9-3-4-10(19-9)21(17,18)16-6-7-20-11(12,13)14/h3-4,15-16H,2,5-8H2,1H3. The van der Waals surface area contributed by atoms with Gasteiger partial charge in [0.15, 0.2) is 0 Å². The van der Waals surface area contributed by atoms with E-state index in [1.807, 2.05) is 6.92 Å². The molecule has 0 spiro atoms. The first-order valence-electron chi connectivity index (χ1n) is 6.24. The van der Waals surface area contributed by atoms with E-state index in [2.05, 4.69) is 10.0 Å². The highest BCUT2D eigenvalue weighted by Crippen LogP contribution is 2.29. The summed E-state index contributed by atoms with van der Waals surface area (Å²) in [6.45, 7) is 2.84. The fourth-order valence-corrected chi connectivity index (χ4v) is 2.94. The summed E-state index contributed by atoms with van der Waals surface area (Å²) >= 11 is -0.279. The van der Waals surface area contributed by atoms with E-state index in [0.29, 0.717) is 12.3 Å². The molecule has 0 amide bonds. The maximum atomic E-state index is 11.9. The number of hydrogen-bond acceptors (Lipinski definition) is 5. The van der Waals surface area contributed by atoms with Crippen LogP contribution in [0.25, 0.3) is 0 Å². The summed E-state index contributed by atoms with van der Waals surface area (Å²) in [6, 6.07) is 2.80. The van der Waals surface area contributed by atoms with E-state index in [1.54, 1.807) is 0 Å². The summed E-state index contributed by atoms with van der Waals surface area (Å²) in [7, 11) is -3.91. The quantitative estimate of drug-likeness (QED) is 0.672. The second-order valence-electron chi connectivity index (χ2n) is 4.09. The van der Waals surface area contributed by atoms with Crippen molar-refractivity contribution in [3.05, 3.63) is 17.9 Å². The van der Waals surface area contributed by atoms with Crippen molar-refractivity contribution in [1.82, 2.24) is 10.0 Å². The molecule has 0 saturated carbocycles. The highest BCUT2D eigenvalue weighted by Gasteiger charge is 2.28. The maximum absolute atomic E-state index is 11.9. The molecule has 0 aliphatic rings. The second kappa shape index (κ2) is 8.06. The van der Waals surface area contributed by atoms with E-state index in [0.717, 1.165) is 13.0 Å². The lowest BCUT2D eigenvalue weighted by atomic mass is 10.4. The Bertz CT molecular complexity index is 529. The van der Waals surface area contributed by atoms with Crippen molar-refractivity contribution in [2.45, 2.75) is 30.5 Å². The van der Waals surface area contributed by atoms with Crippen LogP contribution < -0.4 is 10.0 Å². The molecule has 0 unspecified atom stereocenters. The van der Waals surface area contributed by atoms with E-state index in [1.165, 1.54) is 12.1 Å². The molecular weight excluding hydrogens is 329 g/mol. The highest BCUT2D eigenvalue weighted by atomic mass is 32.2. The molecule has 5 nitrogen and oxygen atoms in total. The predicted molar refractivity (Wildman–Crippen MR) is 74.4 cm³/mol. The Kier molecular flexibility index (Phi) is 7.04. The van der Waals surface area contributed by atoms with Crippen molar-refractivity contribution >= 4 is 21.8 Å². The van der Waals surface area contributed by atoms with Gasteiger partial charge in [-0.05, 0) is 36.9 Å². The molecule has 0 saturated heterocycles. The van der Waals surface area contributed by atoms with Gasteiger partial charge < -0.3 is 9.73 Å². The summed E-state index contributed by atoms with van der Waals surface area (Å²) in [5.41, 5.74) is -4.37. The summed E-state index contributed by atoms with van der Waals surface area (Å²) in [5.74, 6) is 0.0578. The van der Waals surface area contributed by atoms with Gasteiger partial charge in [0.1, 0.15) is 5.76 Å². The average Bonchev–Trinajstić information content (AvgIpc) is 2.84. The van der Waals surface area contributed by atoms with Crippen LogP contribution in [0.15, 0.2) is 21.6 Å². The van der Waals surface area contributed by atoms with Crippen LogP contribution in [-0.2, 0) is 16.6 Å². The van der Waals surface area contributed by atoms with Crippen LogP contribution in [0.2, 0.25) is 0 Å². The fraction of sp³-hybridized carbons (Fsp3) is 0.636. The second-order valence-corrected chi connectivity index (χ2v) is 6.95. The van der Waals surface area contributed by atoms with E-state index in [9.17, 15) is 21.6 Å². The normalized spacial score (nSPS) is 12.8. The van der Waals surface area contributed by atoms with Gasteiger partial charge in [-0.1, -0.05) is 6.92 Å². The average molecular weight is 346 g/mol. The lowest BCUT2D eigenvalue weighted by Gasteiger charge is -2.06. The van der Waals surface area contributed by atoms with E-state index >= 15 is 0 Å². The number of thioether (sulfide) groups is 1. The van der Waals surface area contributed by atoms with Crippen molar-refractivity contribution in [1.29, 1.82) is 0 Å². The van der Waals surface area contributed by atoms with Gasteiger partial charge in [-0.2, -0.15) is 13.2 Å². The molecular formula is C11H17F3N2O3S2. The minimum atomic E-state index is -4.37. The Hall–Kier alpha value is -0.710.